The van der Waals surface area contributed by atoms with Gasteiger partial charge in [-0.3, -0.25) is 0 Å². The molecule has 0 aliphatic heterocycles. The zero-order chi connectivity index (χ0) is 19.0. The summed E-state index contributed by atoms with van der Waals surface area (Å²) < 4.78 is 0. The van der Waals surface area contributed by atoms with E-state index in [1.165, 1.54) is 45.8 Å². The number of hydrogen-bond donors (Lipinski definition) is 2. The normalized spacial score (nSPS) is 9.44. The van der Waals surface area contributed by atoms with Crippen LogP contribution in [0.1, 0.15) is 42.3 Å². The molecule has 0 aliphatic carbocycles. The number of carboxylic acids is 2. The second-order valence-corrected chi connectivity index (χ2v) is 6.57. The lowest BCUT2D eigenvalue weighted by molar-refractivity contribution is 0.0651. The molecule has 0 fully saturated rings. The first-order valence-corrected chi connectivity index (χ1v) is 8.54. The van der Waals surface area contributed by atoms with Crippen molar-refractivity contribution in [2.45, 2.75) is 27.7 Å². The van der Waals surface area contributed by atoms with Crippen molar-refractivity contribution >= 4 is 23.3 Å². The quantitative estimate of drug-likeness (QED) is 0.775. The summed E-state index contributed by atoms with van der Waals surface area (Å²) in [6.45, 7) is 8.71. The van der Waals surface area contributed by atoms with Crippen molar-refractivity contribution in [3.8, 4) is 0 Å². The van der Waals surface area contributed by atoms with Crippen LogP contribution in [0.4, 0.5) is 0 Å². The first-order valence-electron chi connectivity index (χ1n) is 7.66. The lowest BCUT2D eigenvalue weighted by Gasteiger charge is -2.00. The molecule has 5 heteroatoms. The summed E-state index contributed by atoms with van der Waals surface area (Å²) in [6, 6.07) is 11.8. The van der Waals surface area contributed by atoms with Crippen molar-refractivity contribution in [1.29, 1.82) is 0 Å². The van der Waals surface area contributed by atoms with Crippen molar-refractivity contribution < 1.29 is 19.8 Å². The predicted octanol–water partition coefficient (Wildman–Crippen LogP) is 5.19. The van der Waals surface area contributed by atoms with Gasteiger partial charge in [0, 0.05) is 4.88 Å². The van der Waals surface area contributed by atoms with E-state index in [9.17, 15) is 9.59 Å². The van der Waals surface area contributed by atoms with Crippen LogP contribution in [0.5, 0.6) is 0 Å². The summed E-state index contributed by atoms with van der Waals surface area (Å²) in [7, 11) is 0. The molecule has 1 aromatic heterocycles. The van der Waals surface area contributed by atoms with Gasteiger partial charge in [-0.05, 0) is 61.9 Å². The average Bonchev–Trinajstić information content (AvgIpc) is 2.64. The van der Waals surface area contributed by atoms with Gasteiger partial charge in [-0.15, -0.1) is 11.3 Å². The van der Waals surface area contributed by atoms with Gasteiger partial charge in [0.15, 0.2) is 0 Å². The molecule has 2 aromatic rings. The highest BCUT2D eigenvalue weighted by molar-refractivity contribution is 7.09. The molecule has 0 saturated heterocycles. The third kappa shape index (κ3) is 6.04. The molecule has 25 heavy (non-hydrogen) atoms. The molecule has 0 atom stereocenters. The zero-order valence-electron chi connectivity index (χ0n) is 14.7. The highest BCUT2D eigenvalue weighted by Gasteiger charge is 2.13. The lowest BCUT2D eigenvalue weighted by Crippen LogP contribution is -2.06. The van der Waals surface area contributed by atoms with E-state index in [0.717, 1.165) is 0 Å². The molecule has 0 unspecified atom stereocenters. The number of rotatable bonds is 2. The second-order valence-electron chi connectivity index (χ2n) is 5.45. The first-order chi connectivity index (χ1) is 11.8. The van der Waals surface area contributed by atoms with Gasteiger partial charge in [-0.1, -0.05) is 30.3 Å². The summed E-state index contributed by atoms with van der Waals surface area (Å²) in [6.07, 6.45) is 0. The van der Waals surface area contributed by atoms with E-state index < -0.39 is 11.9 Å². The van der Waals surface area contributed by atoms with Crippen molar-refractivity contribution in [3.05, 3.63) is 80.5 Å². The molecule has 0 radical (unpaired) electrons. The smallest absolute Gasteiger partial charge is 0.336 e. The molecule has 132 valence electrons. The van der Waals surface area contributed by atoms with Crippen LogP contribution in [0, 0.1) is 27.7 Å². The summed E-state index contributed by atoms with van der Waals surface area (Å²) in [5.74, 6) is -2.46. The molecule has 0 amide bonds. The van der Waals surface area contributed by atoms with E-state index in [1.54, 1.807) is 11.3 Å². The number of carboxylic acid groups (broad SMARTS) is 2. The van der Waals surface area contributed by atoms with Crippen LogP contribution >= 0.6 is 11.3 Å². The van der Waals surface area contributed by atoms with E-state index in [-0.39, 0.29) is 11.1 Å². The Morgan fingerprint density at radius 3 is 1.72 bits per heavy atom. The fraction of sp³-hybridized carbons (Fsp3) is 0.200. The van der Waals surface area contributed by atoms with E-state index in [2.05, 4.69) is 51.3 Å². The van der Waals surface area contributed by atoms with Gasteiger partial charge < -0.3 is 10.2 Å². The van der Waals surface area contributed by atoms with Gasteiger partial charge >= 0.3 is 11.9 Å². The number of hydrogen-bond acceptors (Lipinski definition) is 3. The van der Waals surface area contributed by atoms with Crippen molar-refractivity contribution in [2.75, 3.05) is 0 Å². The number of benzene rings is 1. The minimum atomic E-state index is -1.23. The predicted molar refractivity (Wildman–Crippen MR) is 101 cm³/mol. The van der Waals surface area contributed by atoms with Gasteiger partial charge in [0.25, 0.3) is 0 Å². The summed E-state index contributed by atoms with van der Waals surface area (Å²) in [5, 5.41) is 19.2. The van der Waals surface area contributed by atoms with E-state index in [0.29, 0.717) is 0 Å². The third-order valence-electron chi connectivity index (χ3n) is 3.85. The molecule has 1 heterocycles. The largest absolute Gasteiger partial charge is 0.478 e. The Balaban J connectivity index is 0.000000251. The van der Waals surface area contributed by atoms with Crippen LogP contribution in [0.25, 0.3) is 0 Å². The van der Waals surface area contributed by atoms with Crippen LogP contribution in [0.3, 0.4) is 0 Å². The highest BCUT2D eigenvalue weighted by Crippen LogP contribution is 2.15. The van der Waals surface area contributed by atoms with Gasteiger partial charge in [-0.2, -0.15) is 0 Å². The van der Waals surface area contributed by atoms with Gasteiger partial charge in [-0.25, -0.2) is 9.59 Å². The zero-order valence-corrected chi connectivity index (χ0v) is 15.6. The Morgan fingerprint density at radius 2 is 1.24 bits per heavy atom. The maximum absolute atomic E-state index is 10.5. The van der Waals surface area contributed by atoms with Crippen molar-refractivity contribution in [2.24, 2.45) is 0 Å². The summed E-state index contributed by atoms with van der Waals surface area (Å²) >= 11 is 1.79. The molecule has 2 rings (SSSR count). The van der Waals surface area contributed by atoms with Gasteiger partial charge in [0.1, 0.15) is 0 Å². The topological polar surface area (TPSA) is 74.6 Å². The third-order valence-corrected chi connectivity index (χ3v) is 4.80. The number of carbonyl (C=O) groups is 2. The van der Waals surface area contributed by atoms with Gasteiger partial charge in [0.05, 0.1) is 11.1 Å². The lowest BCUT2D eigenvalue weighted by atomic mass is 10.1. The Kier molecular flexibility index (Phi) is 7.82. The average molecular weight is 358 g/mol. The molecule has 0 saturated carbocycles. The fourth-order valence-electron chi connectivity index (χ4n) is 2.02. The van der Waals surface area contributed by atoms with Gasteiger partial charge in [0.2, 0.25) is 0 Å². The Morgan fingerprint density at radius 1 is 0.760 bits per heavy atom. The number of aryl methyl sites for hydroxylation is 2. The Labute approximate surface area is 151 Å². The number of aromatic carboxylic acids is 2. The Hall–Kier alpha value is -2.66. The minimum absolute atomic E-state index is 0.190. The second kappa shape index (κ2) is 9.59. The summed E-state index contributed by atoms with van der Waals surface area (Å²) in [5.41, 5.74) is 3.77. The summed E-state index contributed by atoms with van der Waals surface area (Å²) in [4.78, 5) is 22.3. The molecule has 0 aliphatic rings. The molecular weight excluding hydrogens is 336 g/mol. The fourth-order valence-corrected chi connectivity index (χ4v) is 2.72. The van der Waals surface area contributed by atoms with Crippen LogP contribution in [-0.2, 0) is 0 Å². The highest BCUT2D eigenvalue weighted by atomic mass is 32.1. The molecule has 0 bridgehead atoms. The molecular formula is C20H22O4S. The minimum Gasteiger partial charge on any atom is -0.478 e. The van der Waals surface area contributed by atoms with E-state index in [1.807, 2.05) is 0 Å². The molecule has 2 N–H and O–H groups in total. The molecule has 0 spiro atoms. The van der Waals surface area contributed by atoms with E-state index in [4.69, 9.17) is 10.2 Å². The Bertz CT molecular complexity index is 754. The first kappa shape index (κ1) is 20.4. The maximum Gasteiger partial charge on any atom is 0.336 e. The van der Waals surface area contributed by atoms with E-state index >= 15 is 0 Å². The van der Waals surface area contributed by atoms with Crippen LogP contribution in [0.15, 0.2) is 47.8 Å². The standard InChI is InChI=1S/C12H16S.C8H6O4/c1-9-7-5-6-8-13-12(4)11(3)10(9)2;9-7(10)5-3-1-2-4-6(5)8(11)12/h5-8H,1-4H3;1-4H,(H,9,10)(H,11,12). The van der Waals surface area contributed by atoms with Crippen LogP contribution in [-0.4, -0.2) is 22.2 Å². The monoisotopic (exact) mass is 358 g/mol. The SMILES string of the molecule is Cc1ccccsc(C)c(C)c1C.O=C(O)c1ccccc1C(=O)O. The van der Waals surface area contributed by atoms with Crippen LogP contribution < -0.4 is 0 Å². The van der Waals surface area contributed by atoms with Crippen molar-refractivity contribution in [3.63, 3.8) is 0 Å². The maximum atomic E-state index is 10.5. The van der Waals surface area contributed by atoms with Crippen molar-refractivity contribution in [1.82, 2.24) is 0 Å². The van der Waals surface area contributed by atoms with Crippen LogP contribution in [0.2, 0.25) is 0 Å². The molecule has 1 aromatic carbocycles. The molecule has 4 nitrogen and oxygen atoms in total.